The Kier molecular flexibility index (Phi) is 6.84. The molecule has 0 aliphatic carbocycles. The van der Waals surface area contributed by atoms with Crippen LogP contribution in [0.15, 0.2) is 66.7 Å². The summed E-state index contributed by atoms with van der Waals surface area (Å²) in [6.45, 7) is 2.29. The average molecular weight is 466 g/mol. The summed E-state index contributed by atoms with van der Waals surface area (Å²) in [7, 11) is 0. The fourth-order valence-electron chi connectivity index (χ4n) is 3.85. The minimum Gasteiger partial charge on any atom is -0.493 e. The topological polar surface area (TPSA) is 84.9 Å². The van der Waals surface area contributed by atoms with Crippen LogP contribution in [-0.2, 0) is 11.2 Å². The molecule has 3 aromatic rings. The van der Waals surface area contributed by atoms with E-state index in [2.05, 4.69) is 5.32 Å². The molecule has 2 atom stereocenters. The van der Waals surface area contributed by atoms with E-state index in [1.54, 1.807) is 36.4 Å². The summed E-state index contributed by atoms with van der Waals surface area (Å²) in [5.74, 6) is -0.411. The number of fused-ring (bicyclic) bond motifs is 1. The molecule has 33 heavy (non-hydrogen) atoms. The number of hydrogen-bond donors (Lipinski definition) is 2. The number of ether oxygens (including phenoxy) is 2. The number of carbonyl (C=O) groups excluding carboxylic acids is 1. The van der Waals surface area contributed by atoms with Gasteiger partial charge in [0, 0.05) is 23.2 Å². The summed E-state index contributed by atoms with van der Waals surface area (Å²) in [6, 6.07) is 19.9. The molecule has 2 unspecified atom stereocenters. The normalized spacial score (nSPS) is 15.6. The Morgan fingerprint density at radius 1 is 1.15 bits per heavy atom. The summed E-state index contributed by atoms with van der Waals surface area (Å²) in [5.41, 5.74) is 2.23. The Bertz CT molecular complexity index is 1150. The highest BCUT2D eigenvalue weighted by molar-refractivity contribution is 6.32. The van der Waals surface area contributed by atoms with Crippen molar-refractivity contribution in [3.63, 3.8) is 0 Å². The number of carbonyl (C=O) groups is 2. The standard InChI is InChI=1S/C26H24ClNO5/c1-16(13-17-5-3-2-4-6-17)28-25(29)18-7-9-19(10-8-18)33-24-15-23-21(14-22(24)27)20(26(30)31)11-12-32-23/h2-10,14-16,20H,11-13H2,1H3,(H,28,29)(H,30,31). The first-order valence-corrected chi connectivity index (χ1v) is 11.1. The van der Waals surface area contributed by atoms with Crippen LogP contribution in [0.2, 0.25) is 5.02 Å². The lowest BCUT2D eigenvalue weighted by Crippen LogP contribution is -2.34. The molecule has 2 N–H and O–H groups in total. The monoisotopic (exact) mass is 465 g/mol. The van der Waals surface area contributed by atoms with Gasteiger partial charge < -0.3 is 19.9 Å². The van der Waals surface area contributed by atoms with Crippen molar-refractivity contribution in [2.45, 2.75) is 31.7 Å². The van der Waals surface area contributed by atoms with E-state index in [0.29, 0.717) is 46.4 Å². The minimum atomic E-state index is -0.906. The number of carboxylic acids is 1. The Morgan fingerprint density at radius 2 is 1.88 bits per heavy atom. The van der Waals surface area contributed by atoms with Crippen molar-refractivity contribution in [1.29, 1.82) is 0 Å². The second-order valence-corrected chi connectivity index (χ2v) is 8.45. The fourth-order valence-corrected chi connectivity index (χ4v) is 4.06. The number of rotatable bonds is 7. The van der Waals surface area contributed by atoms with Gasteiger partial charge in [-0.05, 0) is 55.7 Å². The molecule has 3 aromatic carbocycles. The van der Waals surface area contributed by atoms with Gasteiger partial charge in [-0.15, -0.1) is 0 Å². The second kappa shape index (κ2) is 9.96. The van der Waals surface area contributed by atoms with Crippen molar-refractivity contribution < 1.29 is 24.2 Å². The average Bonchev–Trinajstić information content (AvgIpc) is 2.80. The highest BCUT2D eigenvalue weighted by Crippen LogP contribution is 2.41. The third-order valence-corrected chi connectivity index (χ3v) is 5.80. The van der Waals surface area contributed by atoms with Gasteiger partial charge in [0.05, 0.1) is 17.5 Å². The molecule has 0 aromatic heterocycles. The van der Waals surface area contributed by atoms with Crippen molar-refractivity contribution in [2.24, 2.45) is 0 Å². The lowest BCUT2D eigenvalue weighted by atomic mass is 9.93. The van der Waals surface area contributed by atoms with Crippen molar-refractivity contribution in [3.05, 3.63) is 88.4 Å². The molecule has 0 fully saturated rings. The molecule has 4 rings (SSSR count). The molecule has 6 nitrogen and oxygen atoms in total. The van der Waals surface area contributed by atoms with Crippen LogP contribution in [0, 0.1) is 0 Å². The van der Waals surface area contributed by atoms with E-state index in [-0.39, 0.29) is 11.9 Å². The third-order valence-electron chi connectivity index (χ3n) is 5.51. The van der Waals surface area contributed by atoms with E-state index < -0.39 is 11.9 Å². The van der Waals surface area contributed by atoms with Crippen molar-refractivity contribution in [1.82, 2.24) is 5.32 Å². The second-order valence-electron chi connectivity index (χ2n) is 8.04. The zero-order valence-electron chi connectivity index (χ0n) is 18.1. The van der Waals surface area contributed by atoms with Crippen LogP contribution >= 0.6 is 11.6 Å². The molecule has 0 spiro atoms. The van der Waals surface area contributed by atoms with E-state index in [9.17, 15) is 14.7 Å². The van der Waals surface area contributed by atoms with Crippen LogP contribution in [0.3, 0.4) is 0 Å². The number of aliphatic carboxylic acids is 1. The summed E-state index contributed by atoms with van der Waals surface area (Å²) in [5, 5.41) is 12.7. The van der Waals surface area contributed by atoms with Gasteiger partial charge in [-0.3, -0.25) is 9.59 Å². The Balaban J connectivity index is 1.41. The van der Waals surface area contributed by atoms with Gasteiger partial charge in [-0.1, -0.05) is 41.9 Å². The van der Waals surface area contributed by atoms with Gasteiger partial charge in [0.2, 0.25) is 0 Å². The van der Waals surface area contributed by atoms with Gasteiger partial charge in [0.25, 0.3) is 5.91 Å². The Morgan fingerprint density at radius 3 is 2.58 bits per heavy atom. The van der Waals surface area contributed by atoms with Crippen molar-refractivity contribution >= 4 is 23.5 Å². The SMILES string of the molecule is CC(Cc1ccccc1)NC(=O)c1ccc(Oc2cc3c(cc2Cl)C(C(=O)O)CCO3)cc1. The van der Waals surface area contributed by atoms with E-state index in [1.807, 2.05) is 37.3 Å². The number of carboxylic acid groups (broad SMARTS) is 1. The first-order chi connectivity index (χ1) is 15.9. The van der Waals surface area contributed by atoms with E-state index in [0.717, 1.165) is 12.0 Å². The van der Waals surface area contributed by atoms with Gasteiger partial charge in [0.15, 0.2) is 0 Å². The van der Waals surface area contributed by atoms with Gasteiger partial charge in [0.1, 0.15) is 17.2 Å². The molecule has 1 aliphatic rings. The minimum absolute atomic E-state index is 0.0141. The summed E-state index contributed by atoms with van der Waals surface area (Å²) in [6.07, 6.45) is 1.14. The molecule has 1 heterocycles. The maximum Gasteiger partial charge on any atom is 0.311 e. The highest BCUT2D eigenvalue weighted by Gasteiger charge is 2.29. The summed E-state index contributed by atoms with van der Waals surface area (Å²) < 4.78 is 11.5. The third kappa shape index (κ3) is 5.46. The van der Waals surface area contributed by atoms with Crippen LogP contribution in [0.5, 0.6) is 17.2 Å². The maximum absolute atomic E-state index is 12.6. The van der Waals surface area contributed by atoms with Crippen LogP contribution in [0.25, 0.3) is 0 Å². The fraction of sp³-hybridized carbons (Fsp3) is 0.231. The first kappa shape index (κ1) is 22.7. The smallest absolute Gasteiger partial charge is 0.311 e. The lowest BCUT2D eigenvalue weighted by Gasteiger charge is -2.24. The number of amides is 1. The quantitative estimate of drug-likeness (QED) is 0.485. The zero-order valence-corrected chi connectivity index (χ0v) is 18.8. The largest absolute Gasteiger partial charge is 0.493 e. The number of hydrogen-bond acceptors (Lipinski definition) is 4. The molecule has 0 bridgehead atoms. The number of halogens is 1. The lowest BCUT2D eigenvalue weighted by molar-refractivity contribution is -0.139. The van der Waals surface area contributed by atoms with E-state index >= 15 is 0 Å². The highest BCUT2D eigenvalue weighted by atomic mass is 35.5. The molecule has 0 saturated carbocycles. The summed E-state index contributed by atoms with van der Waals surface area (Å²) in [4.78, 5) is 24.1. The molecule has 0 radical (unpaired) electrons. The predicted molar refractivity (Wildman–Crippen MR) is 126 cm³/mol. The Labute approximate surface area is 197 Å². The van der Waals surface area contributed by atoms with E-state index in [1.165, 1.54) is 0 Å². The molecule has 170 valence electrons. The molecule has 1 amide bonds. The van der Waals surface area contributed by atoms with Crippen LogP contribution in [-0.4, -0.2) is 29.6 Å². The van der Waals surface area contributed by atoms with Crippen molar-refractivity contribution in [2.75, 3.05) is 6.61 Å². The van der Waals surface area contributed by atoms with Gasteiger partial charge in [-0.2, -0.15) is 0 Å². The molecule has 1 aliphatic heterocycles. The van der Waals surface area contributed by atoms with Crippen LogP contribution in [0.1, 0.15) is 40.7 Å². The molecule has 0 saturated heterocycles. The maximum atomic E-state index is 12.6. The van der Waals surface area contributed by atoms with Gasteiger partial charge in [-0.25, -0.2) is 0 Å². The van der Waals surface area contributed by atoms with E-state index in [4.69, 9.17) is 21.1 Å². The van der Waals surface area contributed by atoms with Gasteiger partial charge >= 0.3 is 5.97 Å². The van der Waals surface area contributed by atoms with Crippen LogP contribution < -0.4 is 14.8 Å². The zero-order chi connectivity index (χ0) is 23.4. The molecule has 7 heteroatoms. The predicted octanol–water partition coefficient (Wildman–Crippen LogP) is 5.44. The van der Waals surface area contributed by atoms with Crippen molar-refractivity contribution in [3.8, 4) is 17.2 Å². The molecular weight excluding hydrogens is 442 g/mol. The first-order valence-electron chi connectivity index (χ1n) is 10.7. The molecular formula is C26H24ClNO5. The summed E-state index contributed by atoms with van der Waals surface area (Å²) >= 11 is 6.35. The van der Waals surface area contributed by atoms with Crippen LogP contribution in [0.4, 0.5) is 0 Å². The Hall–Kier alpha value is -3.51. The number of nitrogens with one attached hydrogen (secondary N) is 1. The number of benzene rings is 3.